The molecule has 0 aromatic heterocycles. The minimum absolute atomic E-state index is 0.253. The van der Waals surface area contributed by atoms with Gasteiger partial charge in [0.25, 0.3) is 0 Å². The van der Waals surface area contributed by atoms with Gasteiger partial charge >= 0.3 is 0 Å². The number of nitrogens with two attached hydrogens (primary N) is 1. The van der Waals surface area contributed by atoms with Crippen LogP contribution >= 0.6 is 0 Å². The predicted octanol–water partition coefficient (Wildman–Crippen LogP) is 1.62. The van der Waals surface area contributed by atoms with Crippen LogP contribution in [0.3, 0.4) is 0 Å². The summed E-state index contributed by atoms with van der Waals surface area (Å²) in [7, 11) is 0. The van der Waals surface area contributed by atoms with Gasteiger partial charge in [0.05, 0.1) is 6.61 Å². The second-order valence-corrected chi connectivity index (χ2v) is 5.55. The fourth-order valence-corrected chi connectivity index (χ4v) is 3.03. The van der Waals surface area contributed by atoms with Crippen LogP contribution in [0.15, 0.2) is 0 Å². The summed E-state index contributed by atoms with van der Waals surface area (Å²) in [6.45, 7) is 6.28. The van der Waals surface area contributed by atoms with Crippen molar-refractivity contribution in [1.29, 1.82) is 0 Å². The van der Waals surface area contributed by atoms with Gasteiger partial charge in [0.1, 0.15) is 0 Å². The van der Waals surface area contributed by atoms with E-state index in [9.17, 15) is 0 Å². The number of hydrogen-bond donors (Lipinski definition) is 1. The van der Waals surface area contributed by atoms with Crippen LogP contribution in [0, 0.1) is 5.41 Å². The van der Waals surface area contributed by atoms with Crippen LogP contribution in [0.1, 0.15) is 38.5 Å². The Morgan fingerprint density at radius 3 is 2.38 bits per heavy atom. The quantitative estimate of drug-likeness (QED) is 0.794. The Labute approximate surface area is 99.3 Å². The van der Waals surface area contributed by atoms with E-state index in [1.165, 1.54) is 51.6 Å². The molecule has 0 bridgehead atoms. The van der Waals surface area contributed by atoms with Gasteiger partial charge in [0, 0.05) is 25.1 Å². The Morgan fingerprint density at radius 1 is 1.06 bits per heavy atom. The number of nitrogens with zero attached hydrogens (tertiary/aromatic N) is 1. The highest BCUT2D eigenvalue weighted by atomic mass is 16.5. The summed E-state index contributed by atoms with van der Waals surface area (Å²) in [4.78, 5) is 2.62. The molecule has 3 heteroatoms. The lowest BCUT2D eigenvalue weighted by molar-refractivity contribution is -0.0213. The molecular weight excluding hydrogens is 200 g/mol. The zero-order valence-electron chi connectivity index (χ0n) is 10.4. The molecule has 2 saturated heterocycles. The summed E-state index contributed by atoms with van der Waals surface area (Å²) < 4.78 is 5.64. The maximum absolute atomic E-state index is 5.99. The van der Waals surface area contributed by atoms with Gasteiger partial charge in [0.15, 0.2) is 0 Å². The Bertz CT molecular complexity index is 194. The highest BCUT2D eigenvalue weighted by molar-refractivity contribution is 4.86. The molecule has 1 atom stereocenters. The first-order valence-corrected chi connectivity index (χ1v) is 6.85. The van der Waals surface area contributed by atoms with Crippen molar-refractivity contribution in [3.05, 3.63) is 0 Å². The average molecular weight is 226 g/mol. The monoisotopic (exact) mass is 226 g/mol. The molecule has 0 radical (unpaired) electrons. The summed E-state index contributed by atoms with van der Waals surface area (Å²) in [6.07, 6.45) is 7.97. The molecule has 3 nitrogen and oxygen atoms in total. The van der Waals surface area contributed by atoms with Crippen LogP contribution in [0.5, 0.6) is 0 Å². The normalized spacial score (nSPS) is 33.6. The molecule has 1 unspecified atom stereocenters. The second-order valence-electron chi connectivity index (χ2n) is 5.55. The first-order chi connectivity index (χ1) is 7.85. The van der Waals surface area contributed by atoms with Crippen LogP contribution in [0.25, 0.3) is 0 Å². The Morgan fingerprint density at radius 2 is 1.81 bits per heavy atom. The lowest BCUT2D eigenvalue weighted by atomic mass is 9.82. The maximum atomic E-state index is 5.99. The topological polar surface area (TPSA) is 38.5 Å². The molecule has 0 saturated carbocycles. The van der Waals surface area contributed by atoms with Crippen molar-refractivity contribution >= 4 is 0 Å². The zero-order chi connectivity index (χ0) is 11.3. The molecule has 2 heterocycles. The van der Waals surface area contributed by atoms with Crippen molar-refractivity contribution in [1.82, 2.24) is 4.90 Å². The summed E-state index contributed by atoms with van der Waals surface area (Å²) >= 11 is 0. The van der Waals surface area contributed by atoms with Crippen molar-refractivity contribution in [3.8, 4) is 0 Å². The SMILES string of the molecule is NCC1(CN2CCCCCC2)CCCOC1. The van der Waals surface area contributed by atoms with Crippen molar-refractivity contribution in [3.63, 3.8) is 0 Å². The van der Waals surface area contributed by atoms with Crippen molar-refractivity contribution in [2.24, 2.45) is 11.1 Å². The molecule has 2 fully saturated rings. The van der Waals surface area contributed by atoms with Crippen LogP contribution < -0.4 is 5.73 Å². The third-order valence-electron chi connectivity index (χ3n) is 4.09. The van der Waals surface area contributed by atoms with E-state index < -0.39 is 0 Å². The lowest BCUT2D eigenvalue weighted by Gasteiger charge is -2.39. The van der Waals surface area contributed by atoms with Crippen LogP contribution in [0.4, 0.5) is 0 Å². The van der Waals surface area contributed by atoms with E-state index in [2.05, 4.69) is 4.90 Å². The molecule has 2 rings (SSSR count). The van der Waals surface area contributed by atoms with Crippen LogP contribution in [0.2, 0.25) is 0 Å². The fourth-order valence-electron chi connectivity index (χ4n) is 3.03. The highest BCUT2D eigenvalue weighted by Gasteiger charge is 2.33. The van der Waals surface area contributed by atoms with E-state index in [1.54, 1.807) is 0 Å². The van der Waals surface area contributed by atoms with E-state index in [0.29, 0.717) is 0 Å². The van der Waals surface area contributed by atoms with Crippen molar-refractivity contribution in [2.75, 3.05) is 39.4 Å². The fraction of sp³-hybridized carbons (Fsp3) is 1.00. The molecule has 0 aromatic carbocycles. The minimum atomic E-state index is 0.253. The molecule has 0 aliphatic carbocycles. The van der Waals surface area contributed by atoms with E-state index in [0.717, 1.165) is 26.3 Å². The molecule has 16 heavy (non-hydrogen) atoms. The first kappa shape index (κ1) is 12.3. The summed E-state index contributed by atoms with van der Waals surface area (Å²) in [5.41, 5.74) is 6.24. The Balaban J connectivity index is 1.88. The summed E-state index contributed by atoms with van der Waals surface area (Å²) in [6, 6.07) is 0. The zero-order valence-corrected chi connectivity index (χ0v) is 10.4. The second kappa shape index (κ2) is 5.99. The number of rotatable bonds is 3. The van der Waals surface area contributed by atoms with Gasteiger partial charge in [-0.05, 0) is 38.8 Å². The largest absolute Gasteiger partial charge is 0.381 e. The predicted molar refractivity (Wildman–Crippen MR) is 66.4 cm³/mol. The van der Waals surface area contributed by atoms with Gasteiger partial charge in [-0.2, -0.15) is 0 Å². The third-order valence-corrected chi connectivity index (χ3v) is 4.09. The van der Waals surface area contributed by atoms with Crippen molar-refractivity contribution in [2.45, 2.75) is 38.5 Å². The standard InChI is InChI=1S/C13H26N2O/c14-10-13(6-5-9-16-12-13)11-15-7-3-1-2-4-8-15/h1-12,14H2. The first-order valence-electron chi connectivity index (χ1n) is 6.85. The maximum Gasteiger partial charge on any atom is 0.0546 e. The van der Waals surface area contributed by atoms with Crippen LogP contribution in [-0.2, 0) is 4.74 Å². The molecule has 2 aliphatic rings. The number of likely N-dealkylation sites (tertiary alicyclic amines) is 1. The smallest absolute Gasteiger partial charge is 0.0546 e. The summed E-state index contributed by atoms with van der Waals surface area (Å²) in [5.74, 6) is 0. The van der Waals surface area contributed by atoms with E-state index >= 15 is 0 Å². The van der Waals surface area contributed by atoms with E-state index in [-0.39, 0.29) is 5.41 Å². The van der Waals surface area contributed by atoms with Gasteiger partial charge in [-0.15, -0.1) is 0 Å². The molecule has 2 N–H and O–H groups in total. The summed E-state index contributed by atoms with van der Waals surface area (Å²) in [5, 5.41) is 0. The molecular formula is C13H26N2O. The average Bonchev–Trinajstić information content (AvgIpc) is 2.59. The van der Waals surface area contributed by atoms with Gasteiger partial charge in [0.2, 0.25) is 0 Å². The molecule has 0 spiro atoms. The third kappa shape index (κ3) is 3.19. The molecule has 0 aromatic rings. The van der Waals surface area contributed by atoms with Crippen molar-refractivity contribution < 1.29 is 4.74 Å². The highest BCUT2D eigenvalue weighted by Crippen LogP contribution is 2.29. The van der Waals surface area contributed by atoms with Gasteiger partial charge < -0.3 is 15.4 Å². The molecule has 0 amide bonds. The number of ether oxygens (including phenoxy) is 1. The van der Waals surface area contributed by atoms with Gasteiger partial charge in [-0.3, -0.25) is 0 Å². The molecule has 94 valence electrons. The molecule has 2 aliphatic heterocycles. The van der Waals surface area contributed by atoms with E-state index in [1.807, 2.05) is 0 Å². The lowest BCUT2D eigenvalue weighted by Crippen LogP contribution is -2.48. The number of hydrogen-bond acceptors (Lipinski definition) is 3. The van der Waals surface area contributed by atoms with Gasteiger partial charge in [-0.25, -0.2) is 0 Å². The van der Waals surface area contributed by atoms with Gasteiger partial charge in [-0.1, -0.05) is 12.8 Å². The van der Waals surface area contributed by atoms with Crippen LogP contribution in [-0.4, -0.2) is 44.3 Å². The van der Waals surface area contributed by atoms with E-state index in [4.69, 9.17) is 10.5 Å². The minimum Gasteiger partial charge on any atom is -0.381 e. The Hall–Kier alpha value is -0.120. The Kier molecular flexibility index (Phi) is 4.62.